The summed E-state index contributed by atoms with van der Waals surface area (Å²) in [6, 6.07) is 7.13. The van der Waals surface area contributed by atoms with Gasteiger partial charge in [-0.2, -0.15) is 0 Å². The molecule has 2 aliphatic heterocycles. The minimum atomic E-state index is -1.36. The summed E-state index contributed by atoms with van der Waals surface area (Å²) in [6.45, 7) is 9.33. The maximum Gasteiger partial charge on any atom is 0.338 e. The molecule has 10 heteroatoms. The van der Waals surface area contributed by atoms with Gasteiger partial charge in [0, 0.05) is 40.7 Å². The van der Waals surface area contributed by atoms with E-state index in [9.17, 15) is 34.8 Å². The fraction of sp³-hybridized carbons (Fsp3) is 0.656. The Kier molecular flexibility index (Phi) is 5.85. The van der Waals surface area contributed by atoms with E-state index in [2.05, 4.69) is 6.58 Å². The van der Waals surface area contributed by atoms with Crippen LogP contribution in [0.15, 0.2) is 42.5 Å². The van der Waals surface area contributed by atoms with Gasteiger partial charge in [-0.15, -0.1) is 0 Å². The lowest BCUT2D eigenvalue weighted by atomic mass is 9.37. The maximum atomic E-state index is 13.2. The topological polar surface area (TPSA) is 154 Å². The zero-order chi connectivity index (χ0) is 30.3. The molecule has 42 heavy (non-hydrogen) atoms. The monoisotopic (exact) mass is 581 g/mol. The van der Waals surface area contributed by atoms with Crippen molar-refractivity contribution in [2.24, 2.45) is 45.8 Å². The van der Waals surface area contributed by atoms with Gasteiger partial charge < -0.3 is 34.7 Å². The molecular formula is C32H39NO9. The molecule has 15 atom stereocenters. The van der Waals surface area contributed by atoms with Crippen molar-refractivity contribution in [2.45, 2.75) is 75.9 Å². The average molecular weight is 582 g/mol. The minimum absolute atomic E-state index is 0.0252. The number of benzene rings is 1. The first-order chi connectivity index (χ1) is 19.8. The zero-order valence-electron chi connectivity index (χ0n) is 24.2. The summed E-state index contributed by atoms with van der Waals surface area (Å²) in [5.41, 5.74) is -3.13. The number of piperidine rings is 1. The van der Waals surface area contributed by atoms with E-state index in [-0.39, 0.29) is 6.42 Å². The van der Waals surface area contributed by atoms with E-state index in [0.29, 0.717) is 11.1 Å². The molecule has 4 N–H and O–H groups in total. The fourth-order valence-corrected chi connectivity index (χ4v) is 11.3. The van der Waals surface area contributed by atoms with Gasteiger partial charge in [-0.3, -0.25) is 9.69 Å². The number of likely N-dealkylation sites (N-methyl/N-ethyl adjacent to an activating group) is 1. The predicted molar refractivity (Wildman–Crippen MR) is 146 cm³/mol. The van der Waals surface area contributed by atoms with Crippen LogP contribution in [0.4, 0.5) is 0 Å². The summed E-state index contributed by atoms with van der Waals surface area (Å²) in [7, 11) is 1.81. The quantitative estimate of drug-likeness (QED) is 0.220. The lowest BCUT2D eigenvalue weighted by Crippen LogP contribution is -2.80. The first kappa shape index (κ1) is 28.2. The highest BCUT2D eigenvalue weighted by Crippen LogP contribution is 2.84. The number of aliphatic hydroxyl groups is 4. The Morgan fingerprint density at radius 2 is 1.69 bits per heavy atom. The largest absolute Gasteiger partial charge is 0.457 e. The number of hydrogen-bond acceptors (Lipinski definition) is 10. The number of fused-ring (bicyclic) bond motifs is 1. The number of nitrogens with zero attached hydrogens (tertiary/aromatic N) is 1. The molecule has 9 rings (SSSR count). The Balaban J connectivity index is 1.42. The van der Waals surface area contributed by atoms with Crippen molar-refractivity contribution in [3.05, 3.63) is 48.0 Å². The normalized spacial score (nSPS) is 51.5. The van der Waals surface area contributed by atoms with Gasteiger partial charge in [0.25, 0.3) is 0 Å². The van der Waals surface area contributed by atoms with E-state index >= 15 is 0 Å². The Morgan fingerprint density at radius 3 is 2.31 bits per heavy atom. The molecule has 0 aromatic heterocycles. The van der Waals surface area contributed by atoms with Crippen molar-refractivity contribution in [3.63, 3.8) is 0 Å². The summed E-state index contributed by atoms with van der Waals surface area (Å²) in [5, 5.41) is 48.7. The summed E-state index contributed by atoms with van der Waals surface area (Å²) in [5.74, 6) is -4.69. The molecule has 226 valence electrons. The molecule has 2 saturated heterocycles. The van der Waals surface area contributed by atoms with E-state index in [4.69, 9.17) is 9.47 Å². The van der Waals surface area contributed by atoms with Crippen LogP contribution >= 0.6 is 0 Å². The predicted octanol–water partition coefficient (Wildman–Crippen LogP) is 0.563. The lowest BCUT2D eigenvalue weighted by Gasteiger charge is -2.70. The highest BCUT2D eigenvalue weighted by Gasteiger charge is 2.94. The smallest absolute Gasteiger partial charge is 0.338 e. The molecule has 6 aliphatic carbocycles. The Morgan fingerprint density at radius 1 is 1.02 bits per heavy atom. The Bertz CT molecular complexity index is 1370. The van der Waals surface area contributed by atoms with Crippen LogP contribution in [0, 0.1) is 45.8 Å². The molecule has 7 bridgehead atoms. The van der Waals surface area contributed by atoms with Crippen molar-refractivity contribution in [1.29, 1.82) is 0 Å². The highest BCUT2D eigenvalue weighted by molar-refractivity contribution is 5.89. The van der Waals surface area contributed by atoms with Crippen LogP contribution in [-0.2, 0) is 19.1 Å². The van der Waals surface area contributed by atoms with Crippen LogP contribution in [0.5, 0.6) is 0 Å². The van der Waals surface area contributed by atoms with Crippen LogP contribution in [0.2, 0.25) is 0 Å². The first-order valence-corrected chi connectivity index (χ1v) is 14.9. The van der Waals surface area contributed by atoms with Crippen LogP contribution in [-0.4, -0.2) is 99.3 Å². The number of rotatable bonds is 5. The van der Waals surface area contributed by atoms with Gasteiger partial charge in [0.15, 0.2) is 0 Å². The third-order valence-electron chi connectivity index (χ3n) is 12.3. The molecule has 1 aromatic carbocycles. The zero-order valence-corrected chi connectivity index (χ0v) is 24.2. The van der Waals surface area contributed by atoms with Gasteiger partial charge in [-0.25, -0.2) is 4.79 Å². The summed E-state index contributed by atoms with van der Waals surface area (Å²) in [6.07, 6.45) is -6.20. The second kappa shape index (κ2) is 8.72. The van der Waals surface area contributed by atoms with E-state index in [0.717, 1.165) is 6.29 Å². The molecule has 10 nitrogen and oxygen atoms in total. The van der Waals surface area contributed by atoms with Gasteiger partial charge >= 0.3 is 11.9 Å². The minimum Gasteiger partial charge on any atom is -0.457 e. The third kappa shape index (κ3) is 2.86. The van der Waals surface area contributed by atoms with Gasteiger partial charge in [-0.05, 0) is 37.1 Å². The number of aldehydes is 1. The lowest BCUT2D eigenvalue weighted by molar-refractivity contribution is -0.308. The van der Waals surface area contributed by atoms with Gasteiger partial charge in [0.1, 0.15) is 18.5 Å². The summed E-state index contributed by atoms with van der Waals surface area (Å²) in [4.78, 5) is 41.2. The fourth-order valence-electron chi connectivity index (χ4n) is 11.3. The van der Waals surface area contributed by atoms with E-state index in [1.54, 1.807) is 51.1 Å². The van der Waals surface area contributed by atoms with Crippen LogP contribution in [0.3, 0.4) is 0 Å². The summed E-state index contributed by atoms with van der Waals surface area (Å²) < 4.78 is 12.1. The molecular weight excluding hydrogens is 542 g/mol. The second-order valence-electron chi connectivity index (χ2n) is 14.2. The van der Waals surface area contributed by atoms with Crippen LogP contribution < -0.4 is 0 Å². The molecule has 8 fully saturated rings. The Hall–Kier alpha value is -2.63. The molecule has 2 spiro atoms. The molecule has 2 heterocycles. The second-order valence-corrected chi connectivity index (χ2v) is 14.2. The number of hydrogen-bond donors (Lipinski definition) is 4. The van der Waals surface area contributed by atoms with Gasteiger partial charge in [0.05, 0.1) is 41.3 Å². The molecule has 8 aliphatic rings. The Labute approximate surface area is 244 Å². The van der Waals surface area contributed by atoms with Gasteiger partial charge in [0.2, 0.25) is 0 Å². The van der Waals surface area contributed by atoms with E-state index in [1.807, 2.05) is 11.9 Å². The number of carbonyl (C=O) groups excluding carboxylic acids is 3. The van der Waals surface area contributed by atoms with E-state index in [1.165, 1.54) is 0 Å². The molecule has 1 aromatic rings. The molecule has 0 amide bonds. The van der Waals surface area contributed by atoms with Crippen LogP contribution in [0.1, 0.15) is 37.6 Å². The summed E-state index contributed by atoms with van der Waals surface area (Å²) >= 11 is 0. The number of esters is 2. The molecule has 0 radical (unpaired) electrons. The number of aliphatic hydroxyl groups excluding tert-OH is 4. The van der Waals surface area contributed by atoms with Crippen LogP contribution in [0.25, 0.3) is 0 Å². The van der Waals surface area contributed by atoms with Crippen molar-refractivity contribution in [1.82, 2.24) is 4.90 Å². The maximum absolute atomic E-state index is 13.2. The van der Waals surface area contributed by atoms with Gasteiger partial charge in [-0.1, -0.05) is 45.5 Å². The van der Waals surface area contributed by atoms with E-state index < -0.39 is 106 Å². The van der Waals surface area contributed by atoms with Crippen molar-refractivity contribution in [2.75, 3.05) is 7.05 Å². The number of carbonyl (C=O) groups is 3. The third-order valence-corrected chi connectivity index (χ3v) is 12.3. The highest BCUT2D eigenvalue weighted by atomic mass is 16.6. The standard InChI is InChI=1S/C32H39NO9/c1-13(2)28(39)42-27-14(3)17-20(35)18-24-32-22(19(33(24)5)26(38)31(18,27)23(32)21(17)36)30(4,12-34)11-16(25(32)37)41-29(40)15-9-7-6-8-10-15/h6-10,12-13,16-27,35-38H,3,11H2,1-2,4-5H3/t16-,17-,18+,19+,20-,21+,22+,23+,24+,25+,26-,27-,30-,31+,32+/m0/s1. The molecule has 6 saturated carbocycles. The SMILES string of the molecule is C=C1[C@@H]2[C@@H](O)[C@@H]3[C@@]4([C@H]([C@H]2O)[C@H]2N(C)[C@@H]([C@@H]4O)[C@H]4[C@@]32[C@H](O)[C@@H](OC(=O)c2ccccc2)C[C@@]4(C)C=O)[C@H]1OC(=O)C(C)C. The average Bonchev–Trinajstić information content (AvgIpc) is 3.30. The number of ether oxygens (including phenoxy) is 2. The van der Waals surface area contributed by atoms with Crippen molar-refractivity contribution in [3.8, 4) is 0 Å². The first-order valence-electron chi connectivity index (χ1n) is 14.9. The van der Waals surface area contributed by atoms with Crippen molar-refractivity contribution >= 4 is 18.2 Å². The van der Waals surface area contributed by atoms with Crippen molar-refractivity contribution < 1.29 is 44.3 Å². The molecule has 0 unspecified atom stereocenters.